The molecule has 1 unspecified atom stereocenters. The van der Waals surface area contributed by atoms with E-state index >= 15 is 0 Å². The zero-order valence-electron chi connectivity index (χ0n) is 8.99. The van der Waals surface area contributed by atoms with Gasteiger partial charge in [0.2, 0.25) is 0 Å². The lowest BCUT2D eigenvalue weighted by Crippen LogP contribution is -2.24. The number of nitrogens with one attached hydrogen (secondary N) is 1. The molecule has 0 saturated carbocycles. The Balaban J connectivity index is 2.61. The van der Waals surface area contributed by atoms with Gasteiger partial charge in [0.15, 0.2) is 6.61 Å². The molecular formula is C11H16N2O2. The highest BCUT2D eigenvalue weighted by molar-refractivity contribution is 5.77. The molecule has 1 atom stereocenters. The van der Waals surface area contributed by atoms with Crippen LogP contribution in [0.4, 0.5) is 0 Å². The Labute approximate surface area is 89.4 Å². The smallest absolute Gasteiger partial charge is 0.257 e. The maximum Gasteiger partial charge on any atom is 0.257 e. The van der Waals surface area contributed by atoms with Crippen molar-refractivity contribution in [1.29, 1.82) is 0 Å². The maximum atomic E-state index is 10.9. The second-order valence-electron chi connectivity index (χ2n) is 3.32. The molecule has 1 aromatic carbocycles. The summed E-state index contributed by atoms with van der Waals surface area (Å²) in [7, 11) is 1.57. The molecule has 0 heterocycles. The van der Waals surface area contributed by atoms with Gasteiger partial charge in [0, 0.05) is 13.1 Å². The van der Waals surface area contributed by atoms with Gasteiger partial charge < -0.3 is 15.8 Å². The fraction of sp³-hybridized carbons (Fsp3) is 0.364. The van der Waals surface area contributed by atoms with E-state index in [9.17, 15) is 4.79 Å². The maximum absolute atomic E-state index is 10.9. The number of ether oxygens (including phenoxy) is 1. The van der Waals surface area contributed by atoms with Gasteiger partial charge in [-0.15, -0.1) is 0 Å². The van der Waals surface area contributed by atoms with Crippen molar-refractivity contribution in [3.63, 3.8) is 0 Å². The molecule has 1 aromatic rings. The summed E-state index contributed by atoms with van der Waals surface area (Å²) in [4.78, 5) is 10.9. The van der Waals surface area contributed by atoms with Gasteiger partial charge in [-0.3, -0.25) is 4.79 Å². The lowest BCUT2D eigenvalue weighted by Gasteiger charge is -2.09. The van der Waals surface area contributed by atoms with Gasteiger partial charge in [0.05, 0.1) is 0 Å². The van der Waals surface area contributed by atoms with E-state index in [0.29, 0.717) is 5.75 Å². The Morgan fingerprint density at radius 3 is 2.93 bits per heavy atom. The molecule has 1 rings (SSSR count). The molecule has 0 radical (unpaired) electrons. The number of carbonyl (C=O) groups is 1. The van der Waals surface area contributed by atoms with Crippen LogP contribution in [-0.4, -0.2) is 19.6 Å². The molecule has 1 amide bonds. The van der Waals surface area contributed by atoms with Crippen LogP contribution in [-0.2, 0) is 4.79 Å². The number of rotatable bonds is 4. The molecule has 15 heavy (non-hydrogen) atoms. The molecule has 0 bridgehead atoms. The van der Waals surface area contributed by atoms with Crippen molar-refractivity contribution in [3.8, 4) is 5.75 Å². The van der Waals surface area contributed by atoms with E-state index < -0.39 is 0 Å². The number of amides is 1. The van der Waals surface area contributed by atoms with Crippen LogP contribution >= 0.6 is 0 Å². The van der Waals surface area contributed by atoms with Crippen LogP contribution in [0.1, 0.15) is 18.5 Å². The lowest BCUT2D eigenvalue weighted by molar-refractivity contribution is -0.122. The average Bonchev–Trinajstić information content (AvgIpc) is 2.26. The van der Waals surface area contributed by atoms with Crippen LogP contribution in [0.5, 0.6) is 5.75 Å². The van der Waals surface area contributed by atoms with E-state index in [0.717, 1.165) is 5.56 Å². The number of nitrogens with two attached hydrogens (primary N) is 1. The van der Waals surface area contributed by atoms with Gasteiger partial charge in [-0.1, -0.05) is 12.1 Å². The molecular weight excluding hydrogens is 192 g/mol. The highest BCUT2D eigenvalue weighted by Gasteiger charge is 2.03. The van der Waals surface area contributed by atoms with Crippen molar-refractivity contribution >= 4 is 5.91 Å². The number of benzene rings is 1. The zero-order chi connectivity index (χ0) is 11.3. The fourth-order valence-corrected chi connectivity index (χ4v) is 1.11. The molecule has 0 aliphatic heterocycles. The molecule has 0 spiro atoms. The molecule has 0 fully saturated rings. The summed E-state index contributed by atoms with van der Waals surface area (Å²) >= 11 is 0. The quantitative estimate of drug-likeness (QED) is 0.770. The van der Waals surface area contributed by atoms with Gasteiger partial charge in [0.1, 0.15) is 5.75 Å². The minimum atomic E-state index is -0.152. The second-order valence-corrected chi connectivity index (χ2v) is 3.32. The summed E-state index contributed by atoms with van der Waals surface area (Å²) < 4.78 is 5.28. The van der Waals surface area contributed by atoms with E-state index in [1.165, 1.54) is 0 Å². The molecule has 0 aliphatic carbocycles. The van der Waals surface area contributed by atoms with E-state index in [1.807, 2.05) is 25.1 Å². The van der Waals surface area contributed by atoms with Crippen LogP contribution in [0, 0.1) is 0 Å². The number of carbonyl (C=O) groups excluding carboxylic acids is 1. The van der Waals surface area contributed by atoms with E-state index in [2.05, 4.69) is 5.32 Å². The third-order valence-electron chi connectivity index (χ3n) is 2.03. The minimum Gasteiger partial charge on any atom is -0.484 e. The van der Waals surface area contributed by atoms with E-state index in [4.69, 9.17) is 10.5 Å². The fourth-order valence-electron chi connectivity index (χ4n) is 1.11. The molecule has 0 aliphatic rings. The number of likely N-dealkylation sites (N-methyl/N-ethyl adjacent to an activating group) is 1. The molecule has 0 saturated heterocycles. The van der Waals surface area contributed by atoms with Gasteiger partial charge >= 0.3 is 0 Å². The Morgan fingerprint density at radius 2 is 2.33 bits per heavy atom. The molecule has 3 N–H and O–H groups in total. The largest absolute Gasteiger partial charge is 0.484 e. The van der Waals surface area contributed by atoms with Crippen molar-refractivity contribution in [2.24, 2.45) is 5.73 Å². The zero-order valence-corrected chi connectivity index (χ0v) is 8.99. The first-order valence-electron chi connectivity index (χ1n) is 4.82. The van der Waals surface area contributed by atoms with Crippen molar-refractivity contribution in [2.45, 2.75) is 13.0 Å². The van der Waals surface area contributed by atoms with Crippen LogP contribution in [0.25, 0.3) is 0 Å². The summed E-state index contributed by atoms with van der Waals surface area (Å²) in [6.45, 7) is 1.93. The highest BCUT2D eigenvalue weighted by Crippen LogP contribution is 2.17. The summed E-state index contributed by atoms with van der Waals surface area (Å²) in [5.74, 6) is 0.509. The lowest BCUT2D eigenvalue weighted by atomic mass is 10.1. The Morgan fingerprint density at radius 1 is 1.60 bits per heavy atom. The Bertz CT molecular complexity index is 337. The molecule has 82 valence electrons. The first kappa shape index (κ1) is 11.5. The summed E-state index contributed by atoms with van der Waals surface area (Å²) in [5, 5.41) is 2.48. The Kier molecular flexibility index (Phi) is 4.12. The normalized spacial score (nSPS) is 11.9. The second kappa shape index (κ2) is 5.36. The molecule has 4 nitrogen and oxygen atoms in total. The van der Waals surface area contributed by atoms with Crippen LogP contribution in [0.15, 0.2) is 24.3 Å². The van der Waals surface area contributed by atoms with Crippen LogP contribution < -0.4 is 15.8 Å². The van der Waals surface area contributed by atoms with Crippen molar-refractivity contribution < 1.29 is 9.53 Å². The Hall–Kier alpha value is -1.55. The van der Waals surface area contributed by atoms with Crippen molar-refractivity contribution in [1.82, 2.24) is 5.32 Å². The van der Waals surface area contributed by atoms with E-state index in [-0.39, 0.29) is 18.6 Å². The van der Waals surface area contributed by atoms with Crippen LogP contribution in [0.2, 0.25) is 0 Å². The third kappa shape index (κ3) is 3.59. The summed E-state index contributed by atoms with van der Waals surface area (Å²) in [6, 6.07) is 7.39. The predicted octanol–water partition coefficient (Wildman–Crippen LogP) is 0.831. The van der Waals surface area contributed by atoms with Gasteiger partial charge in [-0.25, -0.2) is 0 Å². The van der Waals surface area contributed by atoms with E-state index in [1.54, 1.807) is 13.1 Å². The summed E-state index contributed by atoms with van der Waals surface area (Å²) in [5.41, 5.74) is 6.72. The monoisotopic (exact) mass is 208 g/mol. The third-order valence-corrected chi connectivity index (χ3v) is 2.03. The summed E-state index contributed by atoms with van der Waals surface area (Å²) in [6.07, 6.45) is 0. The topological polar surface area (TPSA) is 64.3 Å². The number of hydrogen-bond donors (Lipinski definition) is 2. The minimum absolute atomic E-state index is 0.0267. The van der Waals surface area contributed by atoms with Crippen molar-refractivity contribution in [3.05, 3.63) is 29.8 Å². The number of hydrogen-bond acceptors (Lipinski definition) is 3. The average molecular weight is 208 g/mol. The van der Waals surface area contributed by atoms with Crippen LogP contribution in [0.3, 0.4) is 0 Å². The van der Waals surface area contributed by atoms with Gasteiger partial charge in [-0.2, -0.15) is 0 Å². The first-order chi connectivity index (χ1) is 7.13. The standard InChI is InChI=1S/C11H16N2O2/c1-8(12)9-4-3-5-10(6-9)15-7-11(14)13-2/h3-6,8H,7,12H2,1-2H3,(H,13,14). The van der Waals surface area contributed by atoms with Gasteiger partial charge in [-0.05, 0) is 24.6 Å². The first-order valence-corrected chi connectivity index (χ1v) is 4.82. The van der Waals surface area contributed by atoms with Gasteiger partial charge in [0.25, 0.3) is 5.91 Å². The van der Waals surface area contributed by atoms with Crippen molar-refractivity contribution in [2.75, 3.05) is 13.7 Å². The highest BCUT2D eigenvalue weighted by atomic mass is 16.5. The molecule has 4 heteroatoms. The predicted molar refractivity (Wildman–Crippen MR) is 58.6 cm³/mol. The molecule has 0 aromatic heterocycles. The SMILES string of the molecule is CNC(=O)COc1cccc(C(C)N)c1.